The minimum atomic E-state index is 0.184. The van der Waals surface area contributed by atoms with E-state index in [1.165, 1.54) is 22.3 Å². The van der Waals surface area contributed by atoms with E-state index in [-0.39, 0.29) is 11.8 Å². The third kappa shape index (κ3) is 4.20. The van der Waals surface area contributed by atoms with E-state index in [1.54, 1.807) is 0 Å². The fourth-order valence-corrected chi connectivity index (χ4v) is 2.77. The van der Waals surface area contributed by atoms with Crippen molar-refractivity contribution in [3.63, 3.8) is 0 Å². The van der Waals surface area contributed by atoms with Gasteiger partial charge in [-0.15, -0.1) is 0 Å². The van der Waals surface area contributed by atoms with Crippen LogP contribution < -0.4 is 0 Å². The highest BCUT2D eigenvalue weighted by atomic mass is 35.5. The van der Waals surface area contributed by atoms with Gasteiger partial charge in [0.15, 0.2) is 0 Å². The van der Waals surface area contributed by atoms with E-state index in [0.29, 0.717) is 6.04 Å². The van der Waals surface area contributed by atoms with Crippen molar-refractivity contribution in [1.29, 1.82) is 0 Å². The number of likely N-dealkylation sites (N-methyl/N-ethyl adjacent to an activating group) is 1. The fourth-order valence-electron chi connectivity index (χ4n) is 2.77. The van der Waals surface area contributed by atoms with Crippen LogP contribution in [0.5, 0.6) is 0 Å². The number of aliphatic imine (C=N–C) groups is 1. The van der Waals surface area contributed by atoms with Gasteiger partial charge in [-0.2, -0.15) is 0 Å². The van der Waals surface area contributed by atoms with Crippen LogP contribution >= 0.6 is 11.6 Å². The summed E-state index contributed by atoms with van der Waals surface area (Å²) < 4.78 is 0. The third-order valence-corrected chi connectivity index (χ3v) is 3.98. The summed E-state index contributed by atoms with van der Waals surface area (Å²) in [6.07, 6.45) is 1.95. The second kappa shape index (κ2) is 7.93. The zero-order valence-corrected chi connectivity index (χ0v) is 14.4. The summed E-state index contributed by atoms with van der Waals surface area (Å²) in [6, 6.07) is 18.0. The first-order valence-electron chi connectivity index (χ1n) is 7.49. The lowest BCUT2D eigenvalue weighted by Gasteiger charge is -2.25. The predicted molar refractivity (Wildman–Crippen MR) is 96.7 cm³/mol. The molecule has 0 aliphatic carbocycles. The van der Waals surface area contributed by atoms with Gasteiger partial charge in [0.2, 0.25) is 5.75 Å². The molecule has 1 aliphatic rings. The van der Waals surface area contributed by atoms with Crippen molar-refractivity contribution >= 4 is 23.7 Å². The van der Waals surface area contributed by atoms with Crippen molar-refractivity contribution in [2.75, 3.05) is 7.05 Å². The van der Waals surface area contributed by atoms with Crippen LogP contribution in [0.1, 0.15) is 34.3 Å². The summed E-state index contributed by atoms with van der Waals surface area (Å²) >= 11 is 4.32. The molecule has 0 saturated carbocycles. The van der Waals surface area contributed by atoms with Gasteiger partial charge < -0.3 is 4.90 Å². The quantitative estimate of drug-likeness (QED) is 0.601. The topological polar surface area (TPSA) is 32.7 Å². The summed E-state index contributed by atoms with van der Waals surface area (Å²) in [5, 5.41) is 0. The highest BCUT2D eigenvalue weighted by Gasteiger charge is 2.30. The van der Waals surface area contributed by atoms with Crippen LogP contribution in [0.2, 0.25) is 0 Å². The number of hydrogen-bond acceptors (Lipinski definition) is 3. The number of hydrogen-bond donors (Lipinski definition) is 0. The van der Waals surface area contributed by atoms with Crippen molar-refractivity contribution in [2.45, 2.75) is 25.9 Å². The van der Waals surface area contributed by atoms with Crippen molar-refractivity contribution in [1.82, 2.24) is 4.90 Å². The van der Waals surface area contributed by atoms with Crippen molar-refractivity contribution in [3.05, 3.63) is 70.8 Å². The van der Waals surface area contributed by atoms with E-state index in [1.807, 2.05) is 6.34 Å². The molecule has 0 unspecified atom stereocenters. The predicted octanol–water partition coefficient (Wildman–Crippen LogP) is 4.47. The molecule has 0 spiro atoms. The largest absolute Gasteiger partial charge is 0.356 e. The van der Waals surface area contributed by atoms with Crippen LogP contribution in [0, 0.1) is 13.8 Å². The number of carbonyl (C=O) groups is 1. The number of halogens is 1. The van der Waals surface area contributed by atoms with E-state index < -0.39 is 0 Å². The molecule has 0 fully saturated rings. The summed E-state index contributed by atoms with van der Waals surface area (Å²) in [7, 11) is 2.10. The summed E-state index contributed by atoms with van der Waals surface area (Å²) in [5.74, 6) is 0.222. The monoisotopic (exact) mass is 328 g/mol. The maximum Gasteiger partial charge on any atom is 0.208 e. The number of carbonyl (C=O) groups excluding carboxylic acids is 1. The first kappa shape index (κ1) is 17.2. The summed E-state index contributed by atoms with van der Waals surface area (Å²) in [6.45, 7) is 4.24. The van der Waals surface area contributed by atoms with E-state index in [9.17, 15) is 0 Å². The molecule has 23 heavy (non-hydrogen) atoms. The maximum absolute atomic E-state index is 8.57. The van der Waals surface area contributed by atoms with Gasteiger partial charge in [0.1, 0.15) is 6.04 Å². The van der Waals surface area contributed by atoms with Gasteiger partial charge in [0.05, 0.1) is 12.4 Å². The molecule has 4 heteroatoms. The van der Waals surface area contributed by atoms with Gasteiger partial charge in [-0.1, -0.05) is 59.7 Å². The second-order valence-corrected chi connectivity index (χ2v) is 5.91. The highest BCUT2D eigenvalue weighted by molar-refractivity contribution is 6.54. The number of rotatable bonds is 2. The second-order valence-electron chi connectivity index (χ2n) is 5.73. The molecule has 0 aromatic heterocycles. The highest BCUT2D eigenvalue weighted by Crippen LogP contribution is 2.39. The average Bonchev–Trinajstić information content (AvgIpc) is 2.91. The lowest BCUT2D eigenvalue weighted by molar-refractivity contribution is 0.369. The van der Waals surface area contributed by atoms with Crippen LogP contribution in [-0.4, -0.2) is 24.0 Å². The first-order chi connectivity index (χ1) is 11.1. The molecule has 0 saturated heterocycles. The molecule has 2 atom stereocenters. The maximum atomic E-state index is 8.57. The molecule has 0 amide bonds. The zero-order chi connectivity index (χ0) is 16.8. The van der Waals surface area contributed by atoms with Crippen LogP contribution in [0.15, 0.2) is 53.5 Å². The SMILES string of the molecule is Cc1ccc([C@H]2N=CN(C)[C@H]2c2ccc(C)cc2)cc1.O=CCl. The van der Waals surface area contributed by atoms with E-state index in [0.717, 1.165) is 0 Å². The van der Waals surface area contributed by atoms with E-state index >= 15 is 0 Å². The van der Waals surface area contributed by atoms with Crippen molar-refractivity contribution in [2.24, 2.45) is 4.99 Å². The van der Waals surface area contributed by atoms with Gasteiger partial charge in [0.25, 0.3) is 0 Å². The Morgan fingerprint density at radius 1 is 0.957 bits per heavy atom. The number of aryl methyl sites for hydroxylation is 2. The molecule has 2 aromatic rings. The van der Waals surface area contributed by atoms with Gasteiger partial charge in [0, 0.05) is 7.05 Å². The molecule has 0 radical (unpaired) electrons. The first-order valence-corrected chi connectivity index (χ1v) is 7.92. The molecular formula is C19H21ClN2O. The molecule has 3 rings (SSSR count). The Morgan fingerprint density at radius 3 is 1.87 bits per heavy atom. The van der Waals surface area contributed by atoms with Gasteiger partial charge in [-0.25, -0.2) is 0 Å². The Labute approximate surface area is 142 Å². The molecule has 0 N–H and O–H groups in total. The molecule has 120 valence electrons. The lowest BCUT2D eigenvalue weighted by atomic mass is 9.93. The number of nitrogens with zero attached hydrogens (tertiary/aromatic N) is 2. The fraction of sp³-hybridized carbons (Fsp3) is 0.263. The van der Waals surface area contributed by atoms with E-state index in [2.05, 4.69) is 85.9 Å². The molecule has 3 nitrogen and oxygen atoms in total. The Balaban J connectivity index is 0.000000595. The Hall–Kier alpha value is -2.13. The summed E-state index contributed by atoms with van der Waals surface area (Å²) in [4.78, 5) is 15.5. The zero-order valence-electron chi connectivity index (χ0n) is 13.6. The van der Waals surface area contributed by atoms with Crippen LogP contribution in [0.3, 0.4) is 0 Å². The van der Waals surface area contributed by atoms with Crippen LogP contribution in [0.4, 0.5) is 0 Å². The standard InChI is InChI=1S/C18H20N2.CHClO/c1-13-4-8-15(9-5-13)17-18(20(3)12-19-17)16-10-6-14(2)7-11-16;2-1-3/h4-12,17-18H,1-3H3;1H/t17-,18+;/m1./s1. The van der Waals surface area contributed by atoms with Gasteiger partial charge in [-0.3, -0.25) is 9.79 Å². The average molecular weight is 329 g/mol. The van der Waals surface area contributed by atoms with Crippen LogP contribution in [0.25, 0.3) is 0 Å². The smallest absolute Gasteiger partial charge is 0.208 e. The molecule has 1 heterocycles. The van der Waals surface area contributed by atoms with Crippen molar-refractivity contribution < 1.29 is 4.79 Å². The van der Waals surface area contributed by atoms with Gasteiger partial charge in [-0.05, 0) is 36.6 Å². The minimum Gasteiger partial charge on any atom is -0.356 e. The van der Waals surface area contributed by atoms with Crippen LogP contribution in [-0.2, 0) is 4.79 Å². The molecule has 1 aliphatic heterocycles. The lowest BCUT2D eigenvalue weighted by Crippen LogP contribution is -2.21. The Morgan fingerprint density at radius 2 is 1.39 bits per heavy atom. The third-order valence-electron chi connectivity index (χ3n) is 3.98. The Kier molecular flexibility index (Phi) is 5.94. The van der Waals surface area contributed by atoms with E-state index in [4.69, 9.17) is 9.79 Å². The van der Waals surface area contributed by atoms with Crippen molar-refractivity contribution in [3.8, 4) is 0 Å². The Bertz CT molecular complexity index is 665. The molecule has 0 bridgehead atoms. The molecule has 2 aromatic carbocycles. The normalized spacial score (nSPS) is 19.2. The number of benzene rings is 2. The molecular weight excluding hydrogens is 308 g/mol. The van der Waals surface area contributed by atoms with Gasteiger partial charge >= 0.3 is 0 Å². The summed E-state index contributed by atoms with van der Waals surface area (Å²) in [5.41, 5.74) is 5.18. The minimum absolute atomic E-state index is 0.184.